The topological polar surface area (TPSA) is 205 Å². The van der Waals surface area contributed by atoms with Crippen LogP contribution in [0.1, 0.15) is 88.5 Å². The molecule has 66 heavy (non-hydrogen) atoms. The number of halogens is 1. The van der Waals surface area contributed by atoms with Crippen LogP contribution in [0.3, 0.4) is 0 Å². The first-order valence-corrected chi connectivity index (χ1v) is 23.1. The van der Waals surface area contributed by atoms with Crippen molar-refractivity contribution in [2.45, 2.75) is 79.1 Å². The van der Waals surface area contributed by atoms with Gasteiger partial charge in [0, 0.05) is 56.6 Å². The predicted octanol–water partition coefficient (Wildman–Crippen LogP) is 4.62. The number of carbonyl (C=O) groups is 5. The second-order valence-corrected chi connectivity index (χ2v) is 18.6. The average molecular weight is 934 g/mol. The van der Waals surface area contributed by atoms with Crippen LogP contribution in [0.4, 0.5) is 11.6 Å². The van der Waals surface area contributed by atoms with Gasteiger partial charge in [0.05, 0.1) is 29.1 Å². The zero-order valence-corrected chi connectivity index (χ0v) is 40.3. The van der Waals surface area contributed by atoms with E-state index < -0.39 is 0 Å². The molecule has 2 spiro atoms. The first-order chi connectivity index (χ1) is 31.2. The van der Waals surface area contributed by atoms with Crippen molar-refractivity contribution in [2.75, 3.05) is 90.3 Å². The summed E-state index contributed by atoms with van der Waals surface area (Å²) in [6.45, 7) is 14.9. The Hall–Kier alpha value is -5.07. The Morgan fingerprint density at radius 2 is 1.17 bits per heavy atom. The summed E-state index contributed by atoms with van der Waals surface area (Å²) < 4.78 is 0. The number of Topliss-reactive ketones (excluding diaryl/α,β-unsaturated/α-hetero) is 1. The van der Waals surface area contributed by atoms with E-state index in [2.05, 4.69) is 60.4 Å². The Balaban J connectivity index is 0.000000223. The van der Waals surface area contributed by atoms with E-state index in [-0.39, 0.29) is 64.5 Å². The normalized spacial score (nSPS) is 20.4. The molecule has 2 aromatic heterocycles. The highest BCUT2D eigenvalue weighted by Crippen LogP contribution is 2.42. The lowest BCUT2D eigenvalue weighted by Crippen LogP contribution is -2.52. The van der Waals surface area contributed by atoms with E-state index in [1.54, 1.807) is 41.3 Å². The molecule has 0 atom stereocenters. The largest absolute Gasteiger partial charge is 0.396 e. The number of nitrogens with one attached hydrogen (secondary N) is 2. The molecule has 0 aromatic carbocycles. The third kappa shape index (κ3) is 12.9. The number of likely N-dealkylation sites (tertiary alicyclic amines) is 4. The predicted molar refractivity (Wildman–Crippen MR) is 257 cm³/mol. The Kier molecular flexibility index (Phi) is 18.6. The van der Waals surface area contributed by atoms with Gasteiger partial charge in [-0.2, -0.15) is 0 Å². The van der Waals surface area contributed by atoms with Crippen LogP contribution in [0.2, 0.25) is 0 Å². The van der Waals surface area contributed by atoms with Crippen molar-refractivity contribution in [3.05, 3.63) is 58.9 Å². The van der Waals surface area contributed by atoms with Gasteiger partial charge < -0.3 is 39.9 Å². The second kappa shape index (κ2) is 23.6. The molecule has 0 saturated carbocycles. The standard InChI is InChI=1S/C24H33N5O3.C21H26N4O3.C3H9NO.ClH/c1-4-11-32-27-17(2)20-15-29(16-20)21(30)6-5-18-12-19-13-24(7-9-28(3)10-8-24)23(31)26-22(19)25-14-18;1-14(26)17-12-25(13-17)18(27)4-3-15-9-16-10-21(5-7-24(2)8-6-21)20(28)23-19(16)22-11-15;1-2-3-5-4;/h5-6,12,14,20H,4,7-11,13,15-16H2,1-3H3,(H,25,26,31);3-4,9,11,17H,5-8,10,12-13H2,1-2H3,(H,22,23,28);2-4H2,1H3;1H/b6-5+,27-17+;4-3+;;. The maximum atomic E-state index is 12.8. The molecule has 8 rings (SSSR count). The fourth-order valence-corrected chi connectivity index (χ4v) is 8.82. The van der Waals surface area contributed by atoms with Gasteiger partial charge in [0.25, 0.3) is 0 Å². The van der Waals surface area contributed by atoms with Crippen LogP contribution in [0.5, 0.6) is 0 Å². The van der Waals surface area contributed by atoms with Crippen molar-refractivity contribution < 1.29 is 33.6 Å². The minimum atomic E-state index is -0.349. The summed E-state index contributed by atoms with van der Waals surface area (Å²) in [5.74, 6) is 6.38. The molecule has 4 saturated heterocycles. The molecule has 0 bridgehead atoms. The number of rotatable bonds is 11. The number of fused-ring (bicyclic) bond motifs is 2. The van der Waals surface area contributed by atoms with Crippen molar-refractivity contribution >= 4 is 71.3 Å². The van der Waals surface area contributed by atoms with Crippen LogP contribution in [0.15, 0.2) is 41.8 Å². The number of ketones is 1. The molecule has 4 amide bonds. The van der Waals surface area contributed by atoms with Crippen molar-refractivity contribution in [1.29, 1.82) is 0 Å². The molecule has 4 N–H and O–H groups in total. The van der Waals surface area contributed by atoms with E-state index in [9.17, 15) is 24.0 Å². The third-order valence-electron chi connectivity index (χ3n) is 13.6. The molecule has 6 aliphatic rings. The van der Waals surface area contributed by atoms with Gasteiger partial charge in [-0.15, -0.1) is 12.4 Å². The lowest BCUT2D eigenvalue weighted by molar-refractivity contribution is -0.137. The van der Waals surface area contributed by atoms with Crippen LogP contribution in [0.25, 0.3) is 12.2 Å². The fourth-order valence-electron chi connectivity index (χ4n) is 8.82. The van der Waals surface area contributed by atoms with Gasteiger partial charge in [0.2, 0.25) is 23.6 Å². The summed E-state index contributed by atoms with van der Waals surface area (Å²) in [5, 5.41) is 10.1. The molecular weight excluding hydrogens is 864 g/mol. The number of oxime groups is 1. The van der Waals surface area contributed by atoms with Crippen LogP contribution in [-0.2, 0) is 46.5 Å². The van der Waals surface area contributed by atoms with Crippen LogP contribution in [-0.4, -0.2) is 144 Å². The Morgan fingerprint density at radius 3 is 1.55 bits per heavy atom. The number of piperidine rings is 2. The van der Waals surface area contributed by atoms with E-state index in [1.165, 1.54) is 6.08 Å². The number of nitrogens with zero attached hydrogens (tertiary/aromatic N) is 7. The van der Waals surface area contributed by atoms with Gasteiger partial charge in [-0.25, -0.2) is 15.9 Å². The summed E-state index contributed by atoms with van der Waals surface area (Å²) in [5.41, 5.74) is 4.04. The number of nitrogens with two attached hydrogens (primary N) is 1. The number of amides is 4. The Labute approximate surface area is 395 Å². The Bertz CT molecular complexity index is 2130. The van der Waals surface area contributed by atoms with Gasteiger partial charge >= 0.3 is 0 Å². The highest BCUT2D eigenvalue weighted by molar-refractivity contribution is 5.99. The zero-order valence-electron chi connectivity index (χ0n) is 39.5. The highest BCUT2D eigenvalue weighted by Gasteiger charge is 2.45. The molecule has 2 aromatic rings. The summed E-state index contributed by atoms with van der Waals surface area (Å²) >= 11 is 0. The van der Waals surface area contributed by atoms with E-state index in [0.717, 1.165) is 92.7 Å². The number of aromatic nitrogens is 2. The number of anilines is 2. The SMILES string of the molecule is CC(=O)C1CN(C(=O)/C=C/c2cnc3c(c2)CC2(CCN(C)CC2)C(=O)N3)C1.CCCO/N=C(\C)C1CN(C(=O)/C=C/c2cnc3c(c2)CC2(CCN(C)CC2)C(=O)N3)C1.CCCON.Cl. The van der Waals surface area contributed by atoms with E-state index in [4.69, 9.17) is 4.84 Å². The summed E-state index contributed by atoms with van der Waals surface area (Å²) in [4.78, 5) is 87.7. The van der Waals surface area contributed by atoms with E-state index in [1.807, 2.05) is 39.0 Å². The molecule has 0 radical (unpaired) electrons. The summed E-state index contributed by atoms with van der Waals surface area (Å²) in [6.07, 6.45) is 16.8. The van der Waals surface area contributed by atoms with Crippen molar-refractivity contribution in [3.63, 3.8) is 0 Å². The fraction of sp³-hybridized carbons (Fsp3) is 0.583. The molecule has 0 aliphatic carbocycles. The van der Waals surface area contributed by atoms with E-state index in [0.29, 0.717) is 63.9 Å². The second-order valence-electron chi connectivity index (χ2n) is 18.6. The molecule has 8 heterocycles. The summed E-state index contributed by atoms with van der Waals surface area (Å²) in [6, 6.07) is 4.06. The van der Waals surface area contributed by atoms with Gasteiger partial charge in [-0.05, 0) is 152 Å². The highest BCUT2D eigenvalue weighted by atomic mass is 35.5. The quantitative estimate of drug-likeness (QED) is 0.122. The molecule has 0 unspecified atom stereocenters. The number of hydrogen-bond donors (Lipinski definition) is 3. The van der Waals surface area contributed by atoms with Crippen LogP contribution in [0, 0.1) is 22.7 Å². The molecule has 18 heteroatoms. The first kappa shape index (κ1) is 51.9. The molecular formula is C48H69ClN10O7. The summed E-state index contributed by atoms with van der Waals surface area (Å²) in [7, 11) is 4.18. The third-order valence-corrected chi connectivity index (χ3v) is 13.6. The van der Waals surface area contributed by atoms with Crippen molar-refractivity contribution in [2.24, 2.45) is 33.7 Å². The first-order valence-electron chi connectivity index (χ1n) is 23.1. The molecule has 17 nitrogen and oxygen atoms in total. The van der Waals surface area contributed by atoms with Gasteiger partial charge in [-0.3, -0.25) is 24.0 Å². The lowest BCUT2D eigenvalue weighted by atomic mass is 9.71. The number of pyridine rings is 2. The lowest BCUT2D eigenvalue weighted by Gasteiger charge is -2.42. The van der Waals surface area contributed by atoms with Gasteiger partial charge in [0.1, 0.15) is 24.0 Å². The van der Waals surface area contributed by atoms with Crippen molar-refractivity contribution in [1.82, 2.24) is 29.6 Å². The van der Waals surface area contributed by atoms with Crippen LogP contribution < -0.4 is 16.5 Å². The monoisotopic (exact) mass is 933 g/mol. The number of carbonyl (C=O) groups excluding carboxylic acids is 5. The maximum Gasteiger partial charge on any atom is 0.246 e. The number of hydrogen-bond acceptors (Lipinski definition) is 13. The Morgan fingerprint density at radius 1 is 0.742 bits per heavy atom. The molecule has 360 valence electrons. The van der Waals surface area contributed by atoms with Gasteiger partial charge in [0.15, 0.2) is 0 Å². The van der Waals surface area contributed by atoms with Gasteiger partial charge in [-0.1, -0.05) is 19.0 Å². The molecule has 6 aliphatic heterocycles. The minimum absolute atomic E-state index is 0. The van der Waals surface area contributed by atoms with Crippen LogP contribution >= 0.6 is 12.4 Å². The smallest absolute Gasteiger partial charge is 0.246 e. The van der Waals surface area contributed by atoms with Crippen molar-refractivity contribution in [3.8, 4) is 0 Å². The zero-order chi connectivity index (χ0) is 46.7. The maximum absolute atomic E-state index is 12.8. The minimum Gasteiger partial charge on any atom is -0.396 e. The van der Waals surface area contributed by atoms with E-state index >= 15 is 0 Å². The average Bonchev–Trinajstić information content (AvgIpc) is 3.25. The molecule has 4 fully saturated rings.